The minimum absolute atomic E-state index is 0.211. The van der Waals surface area contributed by atoms with Crippen molar-refractivity contribution >= 4 is 0 Å². The summed E-state index contributed by atoms with van der Waals surface area (Å²) < 4.78 is 11.4. The van der Waals surface area contributed by atoms with Crippen LogP contribution < -0.4 is 14.8 Å². The van der Waals surface area contributed by atoms with Crippen molar-refractivity contribution in [2.45, 2.75) is 59.2 Å². The second kappa shape index (κ2) is 10.8. The Labute approximate surface area is 152 Å². The summed E-state index contributed by atoms with van der Waals surface area (Å²) in [6, 6.07) is 16.6. The van der Waals surface area contributed by atoms with Crippen LogP contribution in [0.2, 0.25) is 0 Å². The molecule has 0 radical (unpaired) electrons. The van der Waals surface area contributed by atoms with E-state index in [0.717, 1.165) is 37.6 Å². The molecule has 0 aliphatic rings. The topological polar surface area (TPSA) is 30.5 Å². The Kier molecular flexibility index (Phi) is 8.33. The molecule has 2 aromatic rings. The minimum Gasteiger partial charge on any atom is -0.494 e. The van der Waals surface area contributed by atoms with Gasteiger partial charge in [-0.15, -0.1) is 0 Å². The van der Waals surface area contributed by atoms with Crippen LogP contribution in [-0.4, -0.2) is 12.7 Å². The number of ether oxygens (including phenoxy) is 2. The third kappa shape index (κ3) is 7.61. The third-order valence-corrected chi connectivity index (χ3v) is 3.89. The number of unbranched alkanes of at least 4 members (excludes halogenated alkanes) is 2. The van der Waals surface area contributed by atoms with Crippen LogP contribution in [0.15, 0.2) is 48.5 Å². The standard InChI is InChI=1S/C22H31NO2/c1-4-5-6-15-24-21-11-7-19(8-12-21)16-23-17-20-9-13-22(14-10-20)25-18(2)3/h7-14,18,23H,4-6,15-17H2,1-3H3. The van der Waals surface area contributed by atoms with Gasteiger partial charge in [-0.2, -0.15) is 0 Å². The van der Waals surface area contributed by atoms with Crippen molar-refractivity contribution < 1.29 is 9.47 Å². The fraction of sp³-hybridized carbons (Fsp3) is 0.455. The van der Waals surface area contributed by atoms with Crippen molar-refractivity contribution in [3.63, 3.8) is 0 Å². The monoisotopic (exact) mass is 341 g/mol. The molecule has 0 fully saturated rings. The van der Waals surface area contributed by atoms with Gasteiger partial charge in [-0.3, -0.25) is 0 Å². The number of hydrogen-bond acceptors (Lipinski definition) is 3. The molecule has 25 heavy (non-hydrogen) atoms. The molecule has 3 heteroatoms. The van der Waals surface area contributed by atoms with Gasteiger partial charge in [0.25, 0.3) is 0 Å². The van der Waals surface area contributed by atoms with Gasteiger partial charge in [0.05, 0.1) is 12.7 Å². The lowest BCUT2D eigenvalue weighted by molar-refractivity contribution is 0.242. The van der Waals surface area contributed by atoms with Gasteiger partial charge in [0.15, 0.2) is 0 Å². The molecule has 0 atom stereocenters. The molecule has 0 bridgehead atoms. The molecule has 0 aromatic heterocycles. The quantitative estimate of drug-likeness (QED) is 0.560. The van der Waals surface area contributed by atoms with E-state index in [1.54, 1.807) is 0 Å². The Balaban J connectivity index is 1.70. The van der Waals surface area contributed by atoms with E-state index in [4.69, 9.17) is 9.47 Å². The number of rotatable bonds is 11. The lowest BCUT2D eigenvalue weighted by Gasteiger charge is -2.11. The highest BCUT2D eigenvalue weighted by atomic mass is 16.5. The zero-order chi connectivity index (χ0) is 17.9. The maximum atomic E-state index is 5.74. The van der Waals surface area contributed by atoms with Crippen LogP contribution in [0, 0.1) is 0 Å². The number of benzene rings is 2. The fourth-order valence-corrected chi connectivity index (χ4v) is 2.55. The highest BCUT2D eigenvalue weighted by Crippen LogP contribution is 2.15. The molecular weight excluding hydrogens is 310 g/mol. The summed E-state index contributed by atoms with van der Waals surface area (Å²) in [6.07, 6.45) is 3.79. The van der Waals surface area contributed by atoms with Crippen LogP contribution in [0.5, 0.6) is 11.5 Å². The van der Waals surface area contributed by atoms with Gasteiger partial charge in [-0.1, -0.05) is 44.0 Å². The van der Waals surface area contributed by atoms with Crippen molar-refractivity contribution in [1.29, 1.82) is 0 Å². The lowest BCUT2D eigenvalue weighted by atomic mass is 10.2. The van der Waals surface area contributed by atoms with Crippen LogP contribution in [-0.2, 0) is 13.1 Å². The largest absolute Gasteiger partial charge is 0.494 e. The van der Waals surface area contributed by atoms with Crippen molar-refractivity contribution in [2.75, 3.05) is 6.61 Å². The first-order valence-electron chi connectivity index (χ1n) is 9.35. The summed E-state index contributed by atoms with van der Waals surface area (Å²) >= 11 is 0. The van der Waals surface area contributed by atoms with Gasteiger partial charge in [-0.25, -0.2) is 0 Å². The van der Waals surface area contributed by atoms with Crippen molar-refractivity contribution in [3.8, 4) is 11.5 Å². The molecule has 0 spiro atoms. The van der Waals surface area contributed by atoms with Crippen LogP contribution >= 0.6 is 0 Å². The number of hydrogen-bond donors (Lipinski definition) is 1. The highest BCUT2D eigenvalue weighted by Gasteiger charge is 1.99. The van der Waals surface area contributed by atoms with Crippen molar-refractivity contribution in [3.05, 3.63) is 59.7 Å². The van der Waals surface area contributed by atoms with E-state index in [1.807, 2.05) is 26.0 Å². The summed E-state index contributed by atoms with van der Waals surface area (Å²) in [7, 11) is 0. The predicted octanol–water partition coefficient (Wildman–Crippen LogP) is 5.33. The SMILES string of the molecule is CCCCCOc1ccc(CNCc2ccc(OC(C)C)cc2)cc1. The Morgan fingerprint density at radius 1 is 0.800 bits per heavy atom. The van der Waals surface area contributed by atoms with Gasteiger partial charge in [0.1, 0.15) is 11.5 Å². The molecule has 0 amide bonds. The van der Waals surface area contributed by atoms with E-state index in [-0.39, 0.29) is 6.10 Å². The Morgan fingerprint density at radius 2 is 1.36 bits per heavy atom. The van der Waals surface area contributed by atoms with Crippen LogP contribution in [0.3, 0.4) is 0 Å². The second-order valence-electron chi connectivity index (χ2n) is 6.61. The van der Waals surface area contributed by atoms with E-state index < -0.39 is 0 Å². The van der Waals surface area contributed by atoms with Crippen LogP contribution in [0.4, 0.5) is 0 Å². The molecule has 2 rings (SSSR count). The molecule has 0 saturated carbocycles. The van der Waals surface area contributed by atoms with Gasteiger partial charge in [0.2, 0.25) is 0 Å². The molecule has 136 valence electrons. The third-order valence-electron chi connectivity index (χ3n) is 3.89. The Hall–Kier alpha value is -2.00. The molecule has 0 aliphatic heterocycles. The summed E-state index contributed by atoms with van der Waals surface area (Å²) in [4.78, 5) is 0. The predicted molar refractivity (Wildman–Crippen MR) is 104 cm³/mol. The summed E-state index contributed by atoms with van der Waals surface area (Å²) in [5.41, 5.74) is 2.52. The molecule has 1 N–H and O–H groups in total. The first-order chi connectivity index (χ1) is 12.2. The molecular formula is C22H31NO2. The lowest BCUT2D eigenvalue weighted by Crippen LogP contribution is -2.12. The first kappa shape index (κ1) is 19.3. The van der Waals surface area contributed by atoms with E-state index in [1.165, 1.54) is 24.0 Å². The van der Waals surface area contributed by atoms with Gasteiger partial charge in [-0.05, 0) is 55.7 Å². The molecule has 3 nitrogen and oxygen atoms in total. The molecule has 2 aromatic carbocycles. The summed E-state index contributed by atoms with van der Waals surface area (Å²) in [6.45, 7) is 8.78. The molecule has 0 saturated heterocycles. The zero-order valence-electron chi connectivity index (χ0n) is 15.8. The van der Waals surface area contributed by atoms with E-state index in [0.29, 0.717) is 0 Å². The maximum Gasteiger partial charge on any atom is 0.119 e. The summed E-state index contributed by atoms with van der Waals surface area (Å²) in [5.74, 6) is 1.88. The molecule has 0 aliphatic carbocycles. The van der Waals surface area contributed by atoms with Crippen molar-refractivity contribution in [2.24, 2.45) is 0 Å². The number of nitrogens with one attached hydrogen (secondary N) is 1. The average molecular weight is 341 g/mol. The zero-order valence-corrected chi connectivity index (χ0v) is 15.8. The molecule has 0 heterocycles. The first-order valence-corrected chi connectivity index (χ1v) is 9.35. The molecule has 0 unspecified atom stereocenters. The Morgan fingerprint density at radius 3 is 1.88 bits per heavy atom. The highest BCUT2D eigenvalue weighted by molar-refractivity contribution is 5.28. The second-order valence-corrected chi connectivity index (χ2v) is 6.61. The van der Waals surface area contributed by atoms with E-state index in [9.17, 15) is 0 Å². The smallest absolute Gasteiger partial charge is 0.119 e. The van der Waals surface area contributed by atoms with Gasteiger partial charge in [0, 0.05) is 13.1 Å². The van der Waals surface area contributed by atoms with Gasteiger partial charge < -0.3 is 14.8 Å². The van der Waals surface area contributed by atoms with Crippen LogP contribution in [0.25, 0.3) is 0 Å². The van der Waals surface area contributed by atoms with Crippen molar-refractivity contribution in [1.82, 2.24) is 5.32 Å². The minimum atomic E-state index is 0.211. The van der Waals surface area contributed by atoms with E-state index in [2.05, 4.69) is 48.6 Å². The average Bonchev–Trinajstić information content (AvgIpc) is 2.61. The Bertz CT molecular complexity index is 590. The fourth-order valence-electron chi connectivity index (χ4n) is 2.55. The maximum absolute atomic E-state index is 5.74. The van der Waals surface area contributed by atoms with Crippen LogP contribution in [0.1, 0.15) is 51.2 Å². The van der Waals surface area contributed by atoms with E-state index >= 15 is 0 Å². The summed E-state index contributed by atoms with van der Waals surface area (Å²) in [5, 5.41) is 3.48. The normalized spacial score (nSPS) is 10.9. The van der Waals surface area contributed by atoms with Gasteiger partial charge >= 0.3 is 0 Å².